The molecule has 2 heterocycles. The molecule has 1 aliphatic heterocycles. The summed E-state index contributed by atoms with van der Waals surface area (Å²) in [5.41, 5.74) is 1.03. The number of carbonyl (C=O) groups is 1. The molecule has 0 amide bonds. The molecule has 1 N–H and O–H groups in total. The van der Waals surface area contributed by atoms with E-state index in [2.05, 4.69) is 0 Å². The summed E-state index contributed by atoms with van der Waals surface area (Å²) < 4.78 is 16.5. The van der Waals surface area contributed by atoms with Crippen molar-refractivity contribution in [2.45, 2.75) is 0 Å². The fraction of sp³-hybridized carbons (Fsp3) is 0.0556. The molecule has 1 aliphatic rings. The van der Waals surface area contributed by atoms with Gasteiger partial charge in [-0.3, -0.25) is 4.79 Å². The average molecular weight is 308 g/mol. The van der Waals surface area contributed by atoms with Crippen molar-refractivity contribution >= 4 is 22.8 Å². The minimum absolute atomic E-state index is 0.0475. The predicted molar refractivity (Wildman–Crippen MR) is 83.8 cm³/mol. The summed E-state index contributed by atoms with van der Waals surface area (Å²) in [6, 6.07) is 11.8. The Labute approximate surface area is 131 Å². The maximum atomic E-state index is 12.3. The number of ether oxygens (including phenoxy) is 2. The quantitative estimate of drug-likeness (QED) is 0.730. The second-order valence-corrected chi connectivity index (χ2v) is 5.15. The van der Waals surface area contributed by atoms with Crippen LogP contribution in [0, 0.1) is 0 Å². The Morgan fingerprint density at radius 1 is 1.17 bits per heavy atom. The summed E-state index contributed by atoms with van der Waals surface area (Å²) in [6.07, 6.45) is 1.54. The highest BCUT2D eigenvalue weighted by molar-refractivity contribution is 6.14. The summed E-state index contributed by atoms with van der Waals surface area (Å²) in [5.74, 6) is 1.42. The van der Waals surface area contributed by atoms with Gasteiger partial charge in [-0.15, -0.1) is 0 Å². The number of rotatable bonds is 2. The fourth-order valence-electron chi connectivity index (χ4n) is 2.59. The van der Waals surface area contributed by atoms with Gasteiger partial charge in [0.2, 0.25) is 5.78 Å². The van der Waals surface area contributed by atoms with Crippen LogP contribution in [0.3, 0.4) is 0 Å². The van der Waals surface area contributed by atoms with E-state index in [9.17, 15) is 9.90 Å². The van der Waals surface area contributed by atoms with Gasteiger partial charge in [-0.2, -0.15) is 0 Å². The van der Waals surface area contributed by atoms with Crippen LogP contribution in [0.2, 0.25) is 0 Å². The SMILES string of the molecule is COc1cccc2cc(/C=C3\Oc4cc(O)ccc4C3=O)oc12. The predicted octanol–water partition coefficient (Wildman–Crippen LogP) is 3.76. The lowest BCUT2D eigenvalue weighted by atomic mass is 10.1. The van der Waals surface area contributed by atoms with Gasteiger partial charge in [0.05, 0.1) is 12.7 Å². The molecular weight excluding hydrogens is 296 g/mol. The molecule has 0 bridgehead atoms. The molecule has 0 spiro atoms. The molecule has 0 atom stereocenters. The van der Waals surface area contributed by atoms with E-state index in [1.807, 2.05) is 18.2 Å². The van der Waals surface area contributed by atoms with Crippen molar-refractivity contribution in [3.8, 4) is 17.2 Å². The third kappa shape index (κ3) is 2.14. The summed E-state index contributed by atoms with van der Waals surface area (Å²) in [4.78, 5) is 12.3. The maximum absolute atomic E-state index is 12.3. The first-order chi connectivity index (χ1) is 11.2. The number of carbonyl (C=O) groups excluding carboxylic acids is 1. The molecular formula is C18H12O5. The lowest BCUT2D eigenvalue weighted by Crippen LogP contribution is -1.97. The number of hydrogen-bond donors (Lipinski definition) is 1. The minimum atomic E-state index is -0.243. The highest BCUT2D eigenvalue weighted by Crippen LogP contribution is 2.35. The normalized spacial score (nSPS) is 15.0. The maximum Gasteiger partial charge on any atom is 0.232 e. The van der Waals surface area contributed by atoms with Crippen molar-refractivity contribution in [3.05, 3.63) is 59.5 Å². The van der Waals surface area contributed by atoms with E-state index >= 15 is 0 Å². The van der Waals surface area contributed by atoms with Crippen LogP contribution in [0.25, 0.3) is 17.0 Å². The van der Waals surface area contributed by atoms with E-state index in [0.29, 0.717) is 28.4 Å². The molecule has 4 rings (SSSR count). The van der Waals surface area contributed by atoms with E-state index in [-0.39, 0.29) is 17.3 Å². The Balaban J connectivity index is 1.76. The van der Waals surface area contributed by atoms with Crippen molar-refractivity contribution in [1.82, 2.24) is 0 Å². The number of hydrogen-bond acceptors (Lipinski definition) is 5. The number of fused-ring (bicyclic) bond motifs is 2. The number of Topliss-reactive ketones (excluding diaryl/α,β-unsaturated/α-hetero) is 1. The van der Waals surface area contributed by atoms with Gasteiger partial charge >= 0.3 is 0 Å². The van der Waals surface area contributed by atoms with Gasteiger partial charge < -0.3 is 19.0 Å². The molecule has 0 saturated carbocycles. The summed E-state index contributed by atoms with van der Waals surface area (Å²) in [7, 11) is 1.57. The van der Waals surface area contributed by atoms with Gasteiger partial charge in [-0.1, -0.05) is 12.1 Å². The first-order valence-corrected chi connectivity index (χ1v) is 6.99. The molecule has 2 aromatic carbocycles. The van der Waals surface area contributed by atoms with Crippen molar-refractivity contribution in [3.63, 3.8) is 0 Å². The number of para-hydroxylation sites is 1. The molecule has 3 aromatic rings. The lowest BCUT2D eigenvalue weighted by molar-refractivity contribution is 0.101. The number of benzene rings is 2. The zero-order valence-electron chi connectivity index (χ0n) is 12.2. The highest BCUT2D eigenvalue weighted by atomic mass is 16.5. The molecule has 5 nitrogen and oxygen atoms in total. The zero-order valence-corrected chi connectivity index (χ0v) is 12.2. The van der Waals surface area contributed by atoms with Gasteiger partial charge in [0, 0.05) is 17.5 Å². The lowest BCUT2D eigenvalue weighted by Gasteiger charge is -1.98. The van der Waals surface area contributed by atoms with Crippen LogP contribution < -0.4 is 9.47 Å². The molecule has 5 heteroatoms. The van der Waals surface area contributed by atoms with E-state index in [1.54, 1.807) is 19.3 Å². The Hall–Kier alpha value is -3.21. The van der Waals surface area contributed by atoms with Crippen LogP contribution >= 0.6 is 0 Å². The van der Waals surface area contributed by atoms with Gasteiger partial charge in [0.1, 0.15) is 17.3 Å². The van der Waals surface area contributed by atoms with Crippen LogP contribution in [-0.2, 0) is 0 Å². The second kappa shape index (κ2) is 4.91. The Morgan fingerprint density at radius 2 is 2.04 bits per heavy atom. The number of methoxy groups -OCH3 is 1. The minimum Gasteiger partial charge on any atom is -0.508 e. The summed E-state index contributed by atoms with van der Waals surface area (Å²) in [5, 5.41) is 10.3. The third-order valence-corrected chi connectivity index (χ3v) is 3.67. The van der Waals surface area contributed by atoms with Crippen LogP contribution in [0.1, 0.15) is 16.1 Å². The standard InChI is InChI=1S/C18H12O5/c1-21-14-4-2-3-10-7-12(22-18(10)14)9-16-17(20)13-6-5-11(19)8-15(13)23-16/h2-9,19H,1H3/b16-9-. The van der Waals surface area contributed by atoms with Crippen LogP contribution in [0.5, 0.6) is 17.2 Å². The molecule has 114 valence electrons. The number of ketones is 1. The van der Waals surface area contributed by atoms with Crippen LogP contribution in [0.15, 0.2) is 52.6 Å². The second-order valence-electron chi connectivity index (χ2n) is 5.15. The first kappa shape index (κ1) is 13.5. The van der Waals surface area contributed by atoms with Crippen molar-refractivity contribution in [2.24, 2.45) is 0 Å². The monoisotopic (exact) mass is 308 g/mol. The smallest absolute Gasteiger partial charge is 0.232 e. The highest BCUT2D eigenvalue weighted by Gasteiger charge is 2.28. The topological polar surface area (TPSA) is 68.9 Å². The molecule has 1 aromatic heterocycles. The Bertz CT molecular complexity index is 965. The number of allylic oxidation sites excluding steroid dienone is 1. The number of aromatic hydroxyl groups is 1. The van der Waals surface area contributed by atoms with Crippen molar-refractivity contribution < 1.29 is 23.8 Å². The Kier molecular flexibility index (Phi) is 2.87. The fourth-order valence-corrected chi connectivity index (χ4v) is 2.59. The van der Waals surface area contributed by atoms with E-state index in [1.165, 1.54) is 18.2 Å². The zero-order chi connectivity index (χ0) is 16.0. The van der Waals surface area contributed by atoms with E-state index < -0.39 is 0 Å². The number of phenols is 1. The number of phenolic OH excluding ortho intramolecular Hbond substituents is 1. The first-order valence-electron chi connectivity index (χ1n) is 6.99. The molecule has 0 radical (unpaired) electrons. The van der Waals surface area contributed by atoms with Crippen LogP contribution in [0.4, 0.5) is 0 Å². The van der Waals surface area contributed by atoms with Gasteiger partial charge in [0.25, 0.3) is 0 Å². The van der Waals surface area contributed by atoms with Crippen LogP contribution in [-0.4, -0.2) is 18.0 Å². The van der Waals surface area contributed by atoms with Crippen molar-refractivity contribution in [1.29, 1.82) is 0 Å². The van der Waals surface area contributed by atoms with E-state index in [0.717, 1.165) is 5.39 Å². The molecule has 0 fully saturated rings. The third-order valence-electron chi connectivity index (χ3n) is 3.67. The van der Waals surface area contributed by atoms with Gasteiger partial charge in [-0.25, -0.2) is 0 Å². The van der Waals surface area contributed by atoms with E-state index in [4.69, 9.17) is 13.9 Å². The molecule has 0 unspecified atom stereocenters. The molecule has 0 saturated heterocycles. The molecule has 0 aliphatic carbocycles. The average Bonchev–Trinajstić information content (AvgIpc) is 3.08. The molecule has 23 heavy (non-hydrogen) atoms. The van der Waals surface area contributed by atoms with Gasteiger partial charge in [-0.05, 0) is 24.3 Å². The summed E-state index contributed by atoms with van der Waals surface area (Å²) >= 11 is 0. The summed E-state index contributed by atoms with van der Waals surface area (Å²) in [6.45, 7) is 0. The number of furan rings is 1. The largest absolute Gasteiger partial charge is 0.508 e. The van der Waals surface area contributed by atoms with Gasteiger partial charge in [0.15, 0.2) is 17.1 Å². The Morgan fingerprint density at radius 3 is 2.87 bits per heavy atom. The van der Waals surface area contributed by atoms with Crippen molar-refractivity contribution in [2.75, 3.05) is 7.11 Å².